The number of carbonyl (C=O) groups is 1. The van der Waals surface area contributed by atoms with Crippen molar-refractivity contribution in [3.8, 4) is 6.07 Å². The molecular formula is C6H11N2O5P. The van der Waals surface area contributed by atoms with Crippen molar-refractivity contribution >= 4 is 13.6 Å². The number of carboxylic acids is 1. The number of nitriles is 1. The largest absolute Gasteiger partial charge is 0.480 e. The Morgan fingerprint density at radius 3 is 2.43 bits per heavy atom. The fourth-order valence-electron chi connectivity index (χ4n) is 0.860. The Morgan fingerprint density at radius 2 is 2.07 bits per heavy atom. The number of nitrogens with zero attached hydrogens (tertiary/aromatic N) is 2. The molecule has 0 aromatic rings. The van der Waals surface area contributed by atoms with E-state index in [0.29, 0.717) is 0 Å². The number of hydrogen-bond acceptors (Lipinski definition) is 4. The van der Waals surface area contributed by atoms with Crippen molar-refractivity contribution in [3.05, 3.63) is 0 Å². The average Bonchev–Trinajstić information content (AvgIpc) is 1.96. The Labute approximate surface area is 80.7 Å². The van der Waals surface area contributed by atoms with Gasteiger partial charge in [0.2, 0.25) is 0 Å². The third-order valence-electron chi connectivity index (χ3n) is 1.28. The number of aliphatic carboxylic acids is 1. The Balaban J connectivity index is 4.19. The van der Waals surface area contributed by atoms with Crippen LogP contribution in [0.2, 0.25) is 0 Å². The summed E-state index contributed by atoms with van der Waals surface area (Å²) in [5.41, 5.74) is 0. The highest BCUT2D eigenvalue weighted by molar-refractivity contribution is 7.51. The van der Waals surface area contributed by atoms with Gasteiger partial charge in [0, 0.05) is 13.0 Å². The van der Waals surface area contributed by atoms with Crippen LogP contribution >= 0.6 is 7.60 Å². The van der Waals surface area contributed by atoms with Gasteiger partial charge in [-0.15, -0.1) is 0 Å². The van der Waals surface area contributed by atoms with Crippen molar-refractivity contribution in [1.29, 1.82) is 5.26 Å². The maximum absolute atomic E-state index is 10.6. The lowest BCUT2D eigenvalue weighted by Crippen LogP contribution is -2.31. The van der Waals surface area contributed by atoms with E-state index in [0.717, 1.165) is 4.90 Å². The third kappa shape index (κ3) is 7.71. The monoisotopic (exact) mass is 222 g/mol. The van der Waals surface area contributed by atoms with Crippen LogP contribution in [0, 0.1) is 11.3 Å². The molecule has 0 aromatic carbocycles. The fraction of sp³-hybridized carbons (Fsp3) is 0.667. The Bertz CT molecular complexity index is 280. The van der Waals surface area contributed by atoms with E-state index in [-0.39, 0.29) is 13.0 Å². The fourth-order valence-corrected chi connectivity index (χ4v) is 1.62. The van der Waals surface area contributed by atoms with Crippen molar-refractivity contribution in [1.82, 2.24) is 4.90 Å². The van der Waals surface area contributed by atoms with Crippen molar-refractivity contribution in [2.24, 2.45) is 0 Å². The van der Waals surface area contributed by atoms with Crippen molar-refractivity contribution < 1.29 is 24.3 Å². The van der Waals surface area contributed by atoms with Crippen LogP contribution in [0.1, 0.15) is 6.42 Å². The first-order valence-electron chi connectivity index (χ1n) is 3.71. The summed E-state index contributed by atoms with van der Waals surface area (Å²) in [6.07, 6.45) is -0.603. The summed E-state index contributed by atoms with van der Waals surface area (Å²) in [5.74, 6) is -1.18. The number of hydrogen-bond donors (Lipinski definition) is 3. The zero-order valence-corrected chi connectivity index (χ0v) is 8.22. The molecule has 0 aliphatic heterocycles. The molecule has 0 saturated carbocycles. The molecule has 0 atom stereocenters. The maximum atomic E-state index is 10.6. The lowest BCUT2D eigenvalue weighted by atomic mass is 10.4. The van der Waals surface area contributed by atoms with Gasteiger partial charge in [0.05, 0.1) is 12.6 Å². The molecule has 8 heteroatoms. The van der Waals surface area contributed by atoms with Gasteiger partial charge in [0.25, 0.3) is 0 Å². The van der Waals surface area contributed by atoms with Crippen LogP contribution in [-0.4, -0.2) is 45.1 Å². The van der Waals surface area contributed by atoms with Crippen LogP contribution in [-0.2, 0) is 9.36 Å². The summed E-state index contributed by atoms with van der Waals surface area (Å²) in [6.45, 7) is -0.444. The molecule has 0 unspecified atom stereocenters. The van der Waals surface area contributed by atoms with E-state index in [1.165, 1.54) is 0 Å². The lowest BCUT2D eigenvalue weighted by molar-refractivity contribution is -0.138. The van der Waals surface area contributed by atoms with E-state index in [1.54, 1.807) is 6.07 Å². The van der Waals surface area contributed by atoms with Crippen LogP contribution in [0.25, 0.3) is 0 Å². The Hall–Kier alpha value is -0.930. The summed E-state index contributed by atoms with van der Waals surface area (Å²) in [4.78, 5) is 28.5. The minimum atomic E-state index is -4.27. The highest BCUT2D eigenvalue weighted by Gasteiger charge is 2.20. The zero-order valence-electron chi connectivity index (χ0n) is 7.33. The minimum Gasteiger partial charge on any atom is -0.480 e. The first kappa shape index (κ1) is 13.1. The van der Waals surface area contributed by atoms with Gasteiger partial charge in [-0.05, 0) is 0 Å². The quantitative estimate of drug-likeness (QED) is 0.514. The molecule has 0 radical (unpaired) electrons. The molecule has 0 aliphatic rings. The van der Waals surface area contributed by atoms with Crippen molar-refractivity contribution in [2.75, 3.05) is 19.4 Å². The predicted octanol–water partition coefficient (Wildman–Crippen LogP) is -0.578. The van der Waals surface area contributed by atoms with E-state index in [1.807, 2.05) is 0 Å². The molecule has 0 amide bonds. The molecule has 7 nitrogen and oxygen atoms in total. The van der Waals surface area contributed by atoms with Crippen LogP contribution < -0.4 is 0 Å². The lowest BCUT2D eigenvalue weighted by Gasteiger charge is -2.18. The highest BCUT2D eigenvalue weighted by Crippen LogP contribution is 2.34. The average molecular weight is 222 g/mol. The molecule has 0 heterocycles. The van der Waals surface area contributed by atoms with Gasteiger partial charge in [0.15, 0.2) is 0 Å². The zero-order chi connectivity index (χ0) is 11.2. The van der Waals surface area contributed by atoms with Crippen LogP contribution in [0.15, 0.2) is 0 Å². The standard InChI is InChI=1S/C6H11N2O5P/c7-2-1-3-8(4-6(9)10)5-14(11,12)13/h1,3-5H2,(H,9,10)(H2,11,12,13). The first-order valence-corrected chi connectivity index (χ1v) is 5.50. The third-order valence-corrected chi connectivity index (χ3v) is 2.05. The molecular weight excluding hydrogens is 211 g/mol. The molecule has 0 saturated heterocycles. The first-order chi connectivity index (χ1) is 6.35. The Morgan fingerprint density at radius 1 is 1.50 bits per heavy atom. The van der Waals surface area contributed by atoms with Gasteiger partial charge in [-0.2, -0.15) is 5.26 Å². The number of carboxylic acid groups (broad SMARTS) is 1. The number of rotatable bonds is 6. The van der Waals surface area contributed by atoms with Crippen LogP contribution in [0.5, 0.6) is 0 Å². The molecule has 14 heavy (non-hydrogen) atoms. The molecule has 0 aromatic heterocycles. The van der Waals surface area contributed by atoms with Gasteiger partial charge >= 0.3 is 13.6 Å². The van der Waals surface area contributed by atoms with Crippen molar-refractivity contribution in [2.45, 2.75) is 6.42 Å². The molecule has 0 aliphatic carbocycles. The van der Waals surface area contributed by atoms with E-state index >= 15 is 0 Å². The summed E-state index contributed by atoms with van der Waals surface area (Å²) < 4.78 is 10.6. The van der Waals surface area contributed by atoms with Crippen molar-refractivity contribution in [3.63, 3.8) is 0 Å². The summed E-state index contributed by atoms with van der Waals surface area (Å²) in [7, 11) is -4.27. The summed E-state index contributed by atoms with van der Waals surface area (Å²) in [5, 5.41) is 16.6. The van der Waals surface area contributed by atoms with Gasteiger partial charge in [-0.1, -0.05) is 0 Å². The minimum absolute atomic E-state index is 0.0350. The molecule has 0 fully saturated rings. The van der Waals surface area contributed by atoms with E-state index in [2.05, 4.69) is 0 Å². The summed E-state index contributed by atoms with van der Waals surface area (Å²) in [6, 6.07) is 1.77. The molecule has 0 spiro atoms. The second kappa shape index (κ2) is 5.73. The molecule has 0 rings (SSSR count). The molecule has 3 N–H and O–H groups in total. The molecule has 0 bridgehead atoms. The smallest absolute Gasteiger partial charge is 0.339 e. The van der Waals surface area contributed by atoms with Gasteiger partial charge in [0.1, 0.15) is 6.29 Å². The topological polar surface area (TPSA) is 122 Å². The van der Waals surface area contributed by atoms with Gasteiger partial charge < -0.3 is 14.9 Å². The summed E-state index contributed by atoms with van der Waals surface area (Å²) >= 11 is 0. The maximum Gasteiger partial charge on any atom is 0.339 e. The van der Waals surface area contributed by atoms with E-state index < -0.39 is 26.4 Å². The van der Waals surface area contributed by atoms with Gasteiger partial charge in [-0.25, -0.2) is 0 Å². The second-order valence-electron chi connectivity index (χ2n) is 2.66. The van der Waals surface area contributed by atoms with Gasteiger partial charge in [-0.3, -0.25) is 14.3 Å². The second-order valence-corrected chi connectivity index (χ2v) is 4.27. The SMILES string of the molecule is N#CCCN(CC(=O)O)CP(=O)(O)O. The normalized spacial score (nSPS) is 11.3. The molecule has 80 valence electrons. The Kier molecular flexibility index (Phi) is 5.35. The highest BCUT2D eigenvalue weighted by atomic mass is 31.2. The van der Waals surface area contributed by atoms with Crippen LogP contribution in [0.4, 0.5) is 0 Å². The van der Waals surface area contributed by atoms with E-state index in [4.69, 9.17) is 20.2 Å². The van der Waals surface area contributed by atoms with Crippen LogP contribution in [0.3, 0.4) is 0 Å². The predicted molar refractivity (Wildman–Crippen MR) is 46.3 cm³/mol. The van der Waals surface area contributed by atoms with E-state index in [9.17, 15) is 9.36 Å².